The van der Waals surface area contributed by atoms with E-state index in [-0.39, 0.29) is 231 Å². The number of nitrogens with two attached hydrogens (primary N) is 8. The van der Waals surface area contributed by atoms with Gasteiger partial charge in [0.05, 0.1) is 18.5 Å². The standard InChI is InChI=1S/C97H136N34O18S/c98-80(138)65(24-10-43-114-89(99)100)125-83(141)67(26-12-45-116-91(103)104)127-85(143)69(28-14-47-118-93(107)108)129-87(145)71(30-16-49-120-95(111)112)130-86(144)70(29-15-48-119-94(109)110)128-84(142)68(27-13-46-117-92(105)106)126-82(140)66(25-11-44-115-90(101)102)123-75(134)31-17-42-113-81(139)72(38-39-77(136)131-97(55-18-4-1-5-19-55,56-20-6-2-7-21-56)57-22-8-3-9-23-57)124-76(135)40-41-78(137)148-51-50-121-96(150)122-58-32-35-61(64(52-58)88(146)147)79-62-36-33-59(132)53-73(62)149-74-54-60(133)34-37-63(74)79/h1-9,18-23,32-37,52-54,65-72,132H,10-17,24-31,38-51H2,(H2,98,138)(H,113,139)(H,123,134)(H,124,135)(H,125,141)(H,126,140)(H,127,143)(H,128,142)(H,129,145)(H,130,144)(H,131,136)(H,146,147)(H4,99,100,114)(H4,101,102,115)(H4,103,104,116)(H4,105,106,117)(H4,107,108,118)(H4,109,110,119)(H4,111,112,120)(H2,121,122,150)/t65-,66-,67-,68-,69-,70-,71-,72-/m1/s1. The van der Waals surface area contributed by atoms with Crippen molar-refractivity contribution in [3.05, 3.63) is 178 Å². The van der Waals surface area contributed by atoms with Crippen LogP contribution in [0.4, 0.5) is 5.69 Å². The number of carboxylic acid groups (broad SMARTS) is 1. The lowest BCUT2D eigenvalue weighted by Gasteiger charge is -2.37. The van der Waals surface area contributed by atoms with E-state index < -0.39 is 179 Å². The Balaban J connectivity index is 1.07. The van der Waals surface area contributed by atoms with Gasteiger partial charge in [-0.3, -0.25) is 100 Å². The van der Waals surface area contributed by atoms with Crippen LogP contribution in [0.1, 0.15) is 155 Å². The van der Waals surface area contributed by atoms with Gasteiger partial charge >= 0.3 is 11.9 Å². The van der Waals surface area contributed by atoms with Crippen molar-refractivity contribution in [2.45, 2.75) is 182 Å². The molecule has 5 aromatic carbocycles. The van der Waals surface area contributed by atoms with Gasteiger partial charge in [0.15, 0.2) is 52.3 Å². The fourth-order valence-corrected chi connectivity index (χ4v) is 16.1. The summed E-state index contributed by atoms with van der Waals surface area (Å²) in [6.45, 7) is -0.592. The molecule has 0 aromatic heterocycles. The Hall–Kier alpha value is -17.7. The van der Waals surface area contributed by atoms with E-state index in [1.807, 2.05) is 91.0 Å². The van der Waals surface area contributed by atoms with E-state index in [9.17, 15) is 67.7 Å². The summed E-state index contributed by atoms with van der Waals surface area (Å²) in [6, 6.07) is 28.3. The quantitative estimate of drug-likeness (QED) is 0.00358. The molecule has 0 bridgehead atoms. The van der Waals surface area contributed by atoms with Crippen LogP contribution >= 0.6 is 12.2 Å². The molecule has 1 aliphatic heterocycles. The summed E-state index contributed by atoms with van der Waals surface area (Å²) in [7, 11) is 0. The van der Waals surface area contributed by atoms with Crippen molar-refractivity contribution in [2.75, 3.05) is 70.8 Å². The summed E-state index contributed by atoms with van der Waals surface area (Å²) < 4.78 is 11.4. The number of anilines is 1. The molecule has 0 fully saturated rings. The minimum atomic E-state index is -1.62. The summed E-state index contributed by atoms with van der Waals surface area (Å²) in [6.07, 6.45) is -3.19. The molecule has 0 spiro atoms. The predicted octanol–water partition coefficient (Wildman–Crippen LogP) is -2.43. The number of esters is 1. The van der Waals surface area contributed by atoms with E-state index in [0.717, 1.165) is 0 Å². The summed E-state index contributed by atoms with van der Waals surface area (Å²) in [4.78, 5) is 197. The van der Waals surface area contributed by atoms with Crippen LogP contribution in [0.5, 0.6) is 5.75 Å². The fourth-order valence-electron chi connectivity index (χ4n) is 15.9. The molecule has 1 aliphatic carbocycles. The van der Waals surface area contributed by atoms with Gasteiger partial charge in [0.25, 0.3) is 0 Å². The number of rotatable bonds is 64. The first-order chi connectivity index (χ1) is 71.6. The van der Waals surface area contributed by atoms with Crippen molar-refractivity contribution in [3.63, 3.8) is 0 Å². The second kappa shape index (κ2) is 62.2. The second-order valence-electron chi connectivity index (χ2n) is 34.7. The zero-order valence-corrected chi connectivity index (χ0v) is 83.5. The maximum absolute atomic E-state index is 15.0. The maximum Gasteiger partial charge on any atom is 0.336 e. The van der Waals surface area contributed by atoms with Gasteiger partial charge in [-0.2, -0.15) is 0 Å². The Morgan fingerprint density at radius 1 is 0.360 bits per heavy atom. The molecule has 11 amide bonds. The number of fused-ring (bicyclic) bond motifs is 2. The molecule has 7 rings (SSSR count). The molecule has 8 atom stereocenters. The molecule has 5 aromatic rings. The number of primary amides is 1. The SMILES string of the molecule is N=C(N)NCCC[C@@H](NC(=O)[C@@H](CCCNC(=N)N)NC(=O)[C@@H](CCCNC(=N)N)NC(=O)[C@@H](CCCNC(=N)N)NC(=O)[C@@H](CCCNC(=N)N)NC(=O)[C@@H](CCCNC(=N)N)NC(=O)[C@@H](CCCNC(=N)N)NC(=O)CCCNC(=O)[C@@H](CCC(=O)NC(c1ccccc1)(c1ccccc1)c1ccccc1)NC(=O)CCC(=O)OCCNC(=S)Nc1ccc(-c2c3ccc(=O)cc-3oc3cc(O)ccc23)c(C(=O)O)c1)C(N)=O. The monoisotopic (exact) mass is 2100 g/mol. The molecular formula is C97H136N34O18S. The number of aromatic hydroxyl groups is 1. The van der Waals surface area contributed by atoms with E-state index in [1.165, 1.54) is 36.4 Å². The molecule has 0 radical (unpaired) electrons. The number of guanidine groups is 7. The molecular weight excluding hydrogens is 1960 g/mol. The molecule has 53 heteroatoms. The smallest absolute Gasteiger partial charge is 0.336 e. The minimum Gasteiger partial charge on any atom is -0.508 e. The largest absolute Gasteiger partial charge is 0.508 e. The van der Waals surface area contributed by atoms with Crippen molar-refractivity contribution >= 4 is 153 Å². The van der Waals surface area contributed by atoms with E-state index in [2.05, 4.69) is 101 Å². The fraction of sp³-hybridized carbons (Fsp3) is 0.402. The van der Waals surface area contributed by atoms with Crippen LogP contribution in [0, 0.1) is 37.9 Å². The Labute approximate surface area is 868 Å². The number of hydrogen-bond acceptors (Lipinski definition) is 25. The number of phenolic OH excluding ortho intramolecular Hbond substituents is 1. The Kier molecular flexibility index (Phi) is 49.4. The van der Waals surface area contributed by atoms with Gasteiger partial charge in [-0.15, -0.1) is 0 Å². The zero-order chi connectivity index (χ0) is 110. The topological polar surface area (TPSA) is 905 Å². The lowest BCUT2D eigenvalue weighted by atomic mass is 9.77. The van der Waals surface area contributed by atoms with Crippen LogP contribution in [0.25, 0.3) is 33.4 Å². The van der Waals surface area contributed by atoms with Gasteiger partial charge < -0.3 is 166 Å². The Morgan fingerprint density at radius 3 is 1.11 bits per heavy atom. The average molecular weight is 2100 g/mol. The summed E-state index contributed by atoms with van der Waals surface area (Å²) in [5, 5.41) is 126. The summed E-state index contributed by atoms with van der Waals surface area (Å²) >= 11 is 5.51. The highest BCUT2D eigenvalue weighted by molar-refractivity contribution is 7.80. The van der Waals surface area contributed by atoms with E-state index in [4.69, 9.17) is 105 Å². The van der Waals surface area contributed by atoms with Gasteiger partial charge in [0, 0.05) is 106 Å². The third-order valence-electron chi connectivity index (χ3n) is 23.2. The number of thiocarbonyl (C=S) groups is 1. The molecule has 44 N–H and O–H groups in total. The van der Waals surface area contributed by atoms with Gasteiger partial charge in [-0.05, 0) is 174 Å². The van der Waals surface area contributed by atoms with Crippen LogP contribution in [0.2, 0.25) is 0 Å². The molecule has 1 heterocycles. The van der Waals surface area contributed by atoms with E-state index in [0.29, 0.717) is 33.2 Å². The lowest BCUT2D eigenvalue weighted by molar-refractivity contribution is -0.145. The van der Waals surface area contributed by atoms with Crippen LogP contribution in [-0.2, 0) is 67.8 Å². The van der Waals surface area contributed by atoms with Crippen LogP contribution in [0.15, 0.2) is 155 Å². The highest BCUT2D eigenvalue weighted by Crippen LogP contribution is 2.43. The third-order valence-corrected chi connectivity index (χ3v) is 23.4. The molecule has 808 valence electrons. The number of ether oxygens (including phenoxy) is 1. The first-order valence-corrected chi connectivity index (χ1v) is 48.8. The molecule has 0 saturated carbocycles. The first kappa shape index (κ1) is 119. The zero-order valence-electron chi connectivity index (χ0n) is 82.6. The summed E-state index contributed by atoms with van der Waals surface area (Å²) in [5.41, 5.74) is 46.3. The number of amides is 11. The third kappa shape index (κ3) is 41.4. The predicted molar refractivity (Wildman–Crippen MR) is 565 cm³/mol. The number of carbonyl (C=O) groups excluding carboxylic acids is 12. The highest BCUT2D eigenvalue weighted by Gasteiger charge is 2.40. The van der Waals surface area contributed by atoms with Gasteiger partial charge in [-0.1, -0.05) is 97.1 Å². The normalized spacial score (nSPS) is 12.5. The van der Waals surface area contributed by atoms with Gasteiger partial charge in [0.1, 0.15) is 77.6 Å². The molecule has 150 heavy (non-hydrogen) atoms. The molecule has 52 nitrogen and oxygen atoms in total. The number of aromatic carboxylic acids is 1. The number of carbonyl (C=O) groups is 13. The number of hydrogen-bond donors (Lipinski definition) is 36. The molecule has 0 unspecified atom stereocenters. The number of phenols is 1. The minimum absolute atomic E-state index is 0.000173. The number of carboxylic acids is 1. The van der Waals surface area contributed by atoms with E-state index >= 15 is 9.59 Å². The van der Waals surface area contributed by atoms with Crippen molar-refractivity contribution < 1.29 is 81.7 Å². The van der Waals surface area contributed by atoms with Gasteiger partial charge in [-0.25, -0.2) is 4.79 Å². The average Bonchev–Trinajstić information content (AvgIpc) is 0.752. The van der Waals surface area contributed by atoms with Crippen molar-refractivity contribution in [2.24, 2.45) is 45.9 Å². The maximum atomic E-state index is 15.0. The van der Waals surface area contributed by atoms with Crippen LogP contribution in [-0.4, -0.2) is 248 Å². The van der Waals surface area contributed by atoms with Crippen molar-refractivity contribution in [1.82, 2.24) is 95.7 Å². The van der Waals surface area contributed by atoms with Crippen molar-refractivity contribution in [3.8, 4) is 28.2 Å². The Morgan fingerprint density at radius 2 is 0.720 bits per heavy atom. The van der Waals surface area contributed by atoms with E-state index in [1.54, 1.807) is 18.2 Å². The molecule has 0 saturated heterocycles. The first-order valence-electron chi connectivity index (χ1n) is 48.4. The summed E-state index contributed by atoms with van der Waals surface area (Å²) in [5.74, 6) is -14.8. The van der Waals surface area contributed by atoms with Crippen LogP contribution in [0.3, 0.4) is 0 Å². The van der Waals surface area contributed by atoms with Crippen molar-refractivity contribution in [1.29, 1.82) is 37.9 Å². The second-order valence-corrected chi connectivity index (χ2v) is 35.1. The lowest BCUT2D eigenvalue weighted by Crippen LogP contribution is -2.60. The Bertz CT molecular complexity index is 5810. The molecule has 2 aliphatic rings. The van der Waals surface area contributed by atoms with Gasteiger partial charge in [0.2, 0.25) is 65.0 Å². The van der Waals surface area contributed by atoms with Crippen LogP contribution < -0.4 is 152 Å². The number of nitrogens with one attached hydrogen (secondary N) is 26. The highest BCUT2D eigenvalue weighted by atomic mass is 32.1. The number of benzene rings is 6.